The number of aryl methyl sites for hydroxylation is 1. The van der Waals surface area contributed by atoms with E-state index in [4.69, 9.17) is 0 Å². The molecule has 1 aliphatic rings. The van der Waals surface area contributed by atoms with Crippen LogP contribution in [0.3, 0.4) is 0 Å². The minimum Gasteiger partial charge on any atom is -0.350 e. The number of carbonyl (C=O) groups excluding carboxylic acids is 2. The fourth-order valence-corrected chi connectivity index (χ4v) is 5.86. The molecule has 2 aromatic carbocycles. The van der Waals surface area contributed by atoms with Crippen LogP contribution in [-0.2, 0) is 26.2 Å². The summed E-state index contributed by atoms with van der Waals surface area (Å²) >= 11 is 1.62. The molecule has 9 heteroatoms. The molecular formula is C25H33N3O4S2. The molecule has 2 N–H and O–H groups in total. The zero-order chi connectivity index (χ0) is 24.6. The Balaban J connectivity index is 1.55. The molecule has 0 radical (unpaired) electrons. The van der Waals surface area contributed by atoms with Gasteiger partial charge in [0.15, 0.2) is 0 Å². The van der Waals surface area contributed by atoms with Crippen LogP contribution in [0.5, 0.6) is 0 Å². The molecule has 184 valence electrons. The van der Waals surface area contributed by atoms with Crippen LogP contribution in [0, 0.1) is 12.8 Å². The number of rotatable bonds is 10. The molecule has 7 nitrogen and oxygen atoms in total. The third-order valence-electron chi connectivity index (χ3n) is 6.04. The summed E-state index contributed by atoms with van der Waals surface area (Å²) in [6.07, 6.45) is 3.36. The first-order valence-corrected chi connectivity index (χ1v) is 14.3. The zero-order valence-corrected chi connectivity index (χ0v) is 21.3. The predicted octanol–water partition coefficient (Wildman–Crippen LogP) is 2.95. The van der Waals surface area contributed by atoms with Crippen molar-refractivity contribution in [1.29, 1.82) is 0 Å². The molecule has 0 bridgehead atoms. The van der Waals surface area contributed by atoms with Crippen molar-refractivity contribution in [2.45, 2.75) is 43.7 Å². The molecule has 1 fully saturated rings. The number of carbonyl (C=O) groups is 2. The predicted molar refractivity (Wildman–Crippen MR) is 136 cm³/mol. The van der Waals surface area contributed by atoms with E-state index < -0.39 is 16.1 Å². The number of piperidine rings is 1. The number of nitrogens with zero attached hydrogens (tertiary/aromatic N) is 1. The number of thioether (sulfide) groups is 1. The quantitative estimate of drug-likeness (QED) is 0.520. The number of nitrogens with one attached hydrogen (secondary N) is 2. The molecule has 0 saturated carbocycles. The first kappa shape index (κ1) is 26.2. The fraction of sp³-hybridized carbons (Fsp3) is 0.440. The van der Waals surface area contributed by atoms with Gasteiger partial charge in [0, 0.05) is 25.6 Å². The summed E-state index contributed by atoms with van der Waals surface area (Å²) in [5.74, 6) is 0.0406. The van der Waals surface area contributed by atoms with E-state index in [2.05, 4.69) is 10.6 Å². The van der Waals surface area contributed by atoms with Crippen LogP contribution in [0.25, 0.3) is 0 Å². The standard InChI is InChI=1S/C25H33N3O4S2/c1-19-8-10-22(11-9-19)34(31,32)28-15-12-21(13-16-28)24(29)27-23(14-17-33-2)25(30)26-18-20-6-4-3-5-7-20/h3-11,21,23H,12-18H2,1-2H3,(H,26,30)(H,27,29). The molecule has 34 heavy (non-hydrogen) atoms. The van der Waals surface area contributed by atoms with E-state index in [0.29, 0.717) is 25.8 Å². The fourth-order valence-electron chi connectivity index (χ4n) is 3.92. The zero-order valence-electron chi connectivity index (χ0n) is 19.7. The number of sulfonamides is 1. The Morgan fingerprint density at radius 3 is 2.32 bits per heavy atom. The average Bonchev–Trinajstić information content (AvgIpc) is 2.86. The topological polar surface area (TPSA) is 95.6 Å². The van der Waals surface area contributed by atoms with Gasteiger partial charge < -0.3 is 10.6 Å². The Labute approximate surface area is 206 Å². The molecule has 1 saturated heterocycles. The molecule has 0 spiro atoms. The molecule has 2 amide bonds. The second-order valence-corrected chi connectivity index (χ2v) is 11.5. The van der Waals surface area contributed by atoms with Crippen LogP contribution in [0.1, 0.15) is 30.4 Å². The Hall–Kier alpha value is -2.36. The Kier molecular flexibility index (Phi) is 9.55. The highest BCUT2D eigenvalue weighted by Gasteiger charge is 2.33. The van der Waals surface area contributed by atoms with Crippen molar-refractivity contribution in [1.82, 2.24) is 14.9 Å². The first-order chi connectivity index (χ1) is 16.3. The van der Waals surface area contributed by atoms with Gasteiger partial charge in [0.05, 0.1) is 4.90 Å². The van der Waals surface area contributed by atoms with E-state index in [1.54, 1.807) is 36.0 Å². The van der Waals surface area contributed by atoms with Crippen LogP contribution in [0.15, 0.2) is 59.5 Å². The molecule has 0 aromatic heterocycles. The van der Waals surface area contributed by atoms with E-state index in [-0.39, 0.29) is 35.7 Å². The van der Waals surface area contributed by atoms with Gasteiger partial charge in [0.1, 0.15) is 6.04 Å². The van der Waals surface area contributed by atoms with E-state index in [1.165, 1.54) is 4.31 Å². The minimum atomic E-state index is -3.58. The maximum Gasteiger partial charge on any atom is 0.243 e. The van der Waals surface area contributed by atoms with E-state index in [0.717, 1.165) is 16.9 Å². The van der Waals surface area contributed by atoms with Gasteiger partial charge in [0.2, 0.25) is 21.8 Å². The smallest absolute Gasteiger partial charge is 0.243 e. The number of hydrogen-bond acceptors (Lipinski definition) is 5. The van der Waals surface area contributed by atoms with Gasteiger partial charge in [-0.1, -0.05) is 48.0 Å². The van der Waals surface area contributed by atoms with E-state index in [1.807, 2.05) is 43.5 Å². The van der Waals surface area contributed by atoms with E-state index >= 15 is 0 Å². The van der Waals surface area contributed by atoms with Gasteiger partial charge in [-0.3, -0.25) is 9.59 Å². The summed E-state index contributed by atoms with van der Waals surface area (Å²) < 4.78 is 27.3. The lowest BCUT2D eigenvalue weighted by atomic mass is 9.96. The summed E-state index contributed by atoms with van der Waals surface area (Å²) in [7, 11) is -3.58. The van der Waals surface area contributed by atoms with Crippen LogP contribution in [-0.4, -0.2) is 55.7 Å². The highest BCUT2D eigenvalue weighted by atomic mass is 32.2. The summed E-state index contributed by atoms with van der Waals surface area (Å²) in [6, 6.07) is 15.8. The Morgan fingerprint density at radius 1 is 1.06 bits per heavy atom. The van der Waals surface area contributed by atoms with Crippen LogP contribution in [0.2, 0.25) is 0 Å². The lowest BCUT2D eigenvalue weighted by Gasteiger charge is -2.31. The van der Waals surface area contributed by atoms with Gasteiger partial charge in [-0.25, -0.2) is 8.42 Å². The maximum atomic E-state index is 12.9. The summed E-state index contributed by atoms with van der Waals surface area (Å²) in [6.45, 7) is 2.88. The van der Waals surface area contributed by atoms with Crippen molar-refractivity contribution in [2.75, 3.05) is 25.1 Å². The largest absolute Gasteiger partial charge is 0.350 e. The first-order valence-electron chi connectivity index (χ1n) is 11.5. The third kappa shape index (κ3) is 7.07. The highest BCUT2D eigenvalue weighted by Crippen LogP contribution is 2.24. The maximum absolute atomic E-state index is 12.9. The normalized spacial score (nSPS) is 16.1. The van der Waals surface area contributed by atoms with Gasteiger partial charge >= 0.3 is 0 Å². The molecule has 1 atom stereocenters. The molecule has 3 rings (SSSR count). The molecule has 1 unspecified atom stereocenters. The summed E-state index contributed by atoms with van der Waals surface area (Å²) in [4.78, 5) is 26.0. The number of amides is 2. The number of benzene rings is 2. The molecule has 1 aliphatic heterocycles. The minimum absolute atomic E-state index is 0.187. The second-order valence-electron chi connectivity index (χ2n) is 8.54. The molecule has 2 aromatic rings. The molecule has 1 heterocycles. The monoisotopic (exact) mass is 503 g/mol. The van der Waals surface area contributed by atoms with Crippen molar-refractivity contribution < 1.29 is 18.0 Å². The summed E-state index contributed by atoms with van der Waals surface area (Å²) in [5, 5.41) is 5.83. The van der Waals surface area contributed by atoms with Crippen molar-refractivity contribution in [2.24, 2.45) is 5.92 Å². The van der Waals surface area contributed by atoms with Gasteiger partial charge in [-0.2, -0.15) is 16.1 Å². The molecule has 0 aliphatic carbocycles. The second kappa shape index (κ2) is 12.4. The summed E-state index contributed by atoms with van der Waals surface area (Å²) in [5.41, 5.74) is 1.99. The Morgan fingerprint density at radius 2 is 1.71 bits per heavy atom. The van der Waals surface area contributed by atoms with E-state index in [9.17, 15) is 18.0 Å². The van der Waals surface area contributed by atoms with Gasteiger partial charge in [-0.15, -0.1) is 0 Å². The van der Waals surface area contributed by atoms with Crippen molar-refractivity contribution in [3.8, 4) is 0 Å². The van der Waals surface area contributed by atoms with Crippen LogP contribution < -0.4 is 10.6 Å². The van der Waals surface area contributed by atoms with Crippen molar-refractivity contribution >= 4 is 33.6 Å². The van der Waals surface area contributed by atoms with Gasteiger partial charge in [0.25, 0.3) is 0 Å². The van der Waals surface area contributed by atoms with Crippen molar-refractivity contribution in [3.63, 3.8) is 0 Å². The Bertz CT molecular complexity index is 1050. The average molecular weight is 504 g/mol. The SMILES string of the molecule is CSCCC(NC(=O)C1CCN(S(=O)(=O)c2ccc(C)cc2)CC1)C(=O)NCc1ccccc1. The number of hydrogen-bond donors (Lipinski definition) is 2. The van der Waals surface area contributed by atoms with Crippen LogP contribution in [0.4, 0.5) is 0 Å². The van der Waals surface area contributed by atoms with Crippen molar-refractivity contribution in [3.05, 3.63) is 65.7 Å². The molecular weight excluding hydrogens is 470 g/mol. The van der Waals surface area contributed by atoms with Crippen LogP contribution >= 0.6 is 11.8 Å². The third-order valence-corrected chi connectivity index (χ3v) is 8.59. The lowest BCUT2D eigenvalue weighted by molar-refractivity contribution is -0.132. The van der Waals surface area contributed by atoms with Gasteiger partial charge in [-0.05, 0) is 55.9 Å². The highest BCUT2D eigenvalue weighted by molar-refractivity contribution is 7.98. The lowest BCUT2D eigenvalue weighted by Crippen LogP contribution is -2.50.